The van der Waals surface area contributed by atoms with E-state index in [1.165, 1.54) is 24.0 Å². The number of nitrogens with two attached hydrogens (primary N) is 1. The van der Waals surface area contributed by atoms with E-state index in [0.29, 0.717) is 6.04 Å². The Hall–Kier alpha value is -0.860. The highest BCUT2D eigenvalue weighted by Crippen LogP contribution is 2.36. The second-order valence-electron chi connectivity index (χ2n) is 5.11. The molecule has 1 aliphatic carbocycles. The third-order valence-corrected chi connectivity index (χ3v) is 4.07. The minimum absolute atomic E-state index is 0.213. The molecule has 3 N–H and O–H groups in total. The lowest BCUT2D eigenvalue weighted by Gasteiger charge is -2.18. The van der Waals surface area contributed by atoms with Crippen LogP contribution in [0.4, 0.5) is 0 Å². The van der Waals surface area contributed by atoms with Crippen molar-refractivity contribution in [3.63, 3.8) is 0 Å². The molecular weight excluding hydrogens is 208 g/mol. The summed E-state index contributed by atoms with van der Waals surface area (Å²) in [7, 11) is 0. The molecule has 1 aromatic rings. The summed E-state index contributed by atoms with van der Waals surface area (Å²) in [6, 6.07) is 9.25. The summed E-state index contributed by atoms with van der Waals surface area (Å²) >= 11 is 0. The second kappa shape index (κ2) is 5.65. The predicted molar refractivity (Wildman–Crippen MR) is 72.8 cm³/mol. The first-order valence-electron chi connectivity index (χ1n) is 6.84. The number of hydrogen-bond donors (Lipinski definition) is 2. The van der Waals surface area contributed by atoms with Gasteiger partial charge < -0.3 is 11.1 Å². The van der Waals surface area contributed by atoms with Gasteiger partial charge in [-0.25, -0.2) is 0 Å². The lowest BCUT2D eigenvalue weighted by molar-refractivity contribution is 0.402. The highest BCUT2D eigenvalue weighted by molar-refractivity contribution is 5.37. The molecule has 0 radical (unpaired) electrons. The Labute approximate surface area is 105 Å². The first-order valence-corrected chi connectivity index (χ1v) is 6.84. The van der Waals surface area contributed by atoms with Crippen LogP contribution in [0.3, 0.4) is 0 Å². The average molecular weight is 232 g/mol. The fourth-order valence-corrected chi connectivity index (χ4v) is 2.75. The second-order valence-corrected chi connectivity index (χ2v) is 5.11. The van der Waals surface area contributed by atoms with Gasteiger partial charge in [0.2, 0.25) is 0 Å². The standard InChI is InChI=1S/C15H24N2/c1-3-11(4-2)10-17-15-9-14(16)12-7-5-6-8-13(12)15/h5-8,11,14-15,17H,3-4,9-10,16H2,1-2H3. The van der Waals surface area contributed by atoms with E-state index in [2.05, 4.69) is 43.4 Å². The molecule has 2 atom stereocenters. The van der Waals surface area contributed by atoms with Crippen LogP contribution in [0.1, 0.15) is 56.3 Å². The molecule has 2 heteroatoms. The van der Waals surface area contributed by atoms with Crippen LogP contribution in [0.15, 0.2) is 24.3 Å². The molecule has 2 rings (SSSR count). The number of fused-ring (bicyclic) bond motifs is 1. The average Bonchev–Trinajstić information content (AvgIpc) is 2.69. The molecular formula is C15H24N2. The Bertz CT molecular complexity index is 358. The maximum absolute atomic E-state index is 6.17. The maximum atomic E-state index is 6.17. The van der Waals surface area contributed by atoms with E-state index in [4.69, 9.17) is 5.73 Å². The summed E-state index contributed by atoms with van der Waals surface area (Å²) in [4.78, 5) is 0. The van der Waals surface area contributed by atoms with Crippen molar-refractivity contribution < 1.29 is 0 Å². The summed E-state index contributed by atoms with van der Waals surface area (Å²) in [5, 5.41) is 3.69. The van der Waals surface area contributed by atoms with Crippen molar-refractivity contribution in [1.29, 1.82) is 0 Å². The molecule has 0 saturated carbocycles. The van der Waals surface area contributed by atoms with Crippen LogP contribution in [0.5, 0.6) is 0 Å². The number of rotatable bonds is 5. The van der Waals surface area contributed by atoms with Gasteiger partial charge in [0.25, 0.3) is 0 Å². The van der Waals surface area contributed by atoms with Gasteiger partial charge in [0.1, 0.15) is 0 Å². The maximum Gasteiger partial charge on any atom is 0.0341 e. The van der Waals surface area contributed by atoms with Crippen LogP contribution in [-0.2, 0) is 0 Å². The molecule has 17 heavy (non-hydrogen) atoms. The number of nitrogens with one attached hydrogen (secondary N) is 1. The van der Waals surface area contributed by atoms with Gasteiger partial charge in [-0.2, -0.15) is 0 Å². The van der Waals surface area contributed by atoms with E-state index < -0.39 is 0 Å². The van der Waals surface area contributed by atoms with Crippen molar-refractivity contribution in [3.8, 4) is 0 Å². The molecule has 0 fully saturated rings. The van der Waals surface area contributed by atoms with Crippen molar-refractivity contribution in [2.45, 2.75) is 45.2 Å². The molecule has 0 amide bonds. The molecule has 0 bridgehead atoms. The zero-order chi connectivity index (χ0) is 12.3. The molecule has 0 saturated heterocycles. The van der Waals surface area contributed by atoms with Crippen LogP contribution in [0.25, 0.3) is 0 Å². The van der Waals surface area contributed by atoms with Gasteiger partial charge in [-0.1, -0.05) is 51.0 Å². The van der Waals surface area contributed by atoms with E-state index in [1.807, 2.05) is 0 Å². The van der Waals surface area contributed by atoms with Gasteiger partial charge in [0, 0.05) is 12.1 Å². The first kappa shape index (κ1) is 12.6. The Morgan fingerprint density at radius 3 is 2.53 bits per heavy atom. The summed E-state index contributed by atoms with van der Waals surface area (Å²) in [6.45, 7) is 5.65. The third kappa shape index (κ3) is 2.70. The quantitative estimate of drug-likeness (QED) is 0.818. The molecule has 0 heterocycles. The van der Waals surface area contributed by atoms with Gasteiger partial charge in [-0.05, 0) is 30.0 Å². The topological polar surface area (TPSA) is 38.0 Å². The van der Waals surface area contributed by atoms with E-state index in [1.54, 1.807) is 0 Å². The van der Waals surface area contributed by atoms with Gasteiger partial charge in [-0.15, -0.1) is 0 Å². The van der Waals surface area contributed by atoms with Crippen molar-refractivity contribution >= 4 is 0 Å². The predicted octanol–water partition coefficient (Wildman–Crippen LogP) is 3.16. The monoisotopic (exact) mass is 232 g/mol. The molecule has 2 nitrogen and oxygen atoms in total. The zero-order valence-electron chi connectivity index (χ0n) is 10.9. The van der Waals surface area contributed by atoms with Crippen LogP contribution >= 0.6 is 0 Å². The normalized spacial score (nSPS) is 23.1. The molecule has 2 unspecified atom stereocenters. The van der Waals surface area contributed by atoms with Crippen LogP contribution in [0, 0.1) is 5.92 Å². The molecule has 1 aromatic carbocycles. The molecule has 0 spiro atoms. The summed E-state index contributed by atoms with van der Waals surface area (Å²) in [5.74, 6) is 0.791. The van der Waals surface area contributed by atoms with Crippen LogP contribution in [-0.4, -0.2) is 6.54 Å². The Morgan fingerprint density at radius 1 is 1.24 bits per heavy atom. The highest BCUT2D eigenvalue weighted by atomic mass is 14.9. The smallest absolute Gasteiger partial charge is 0.0341 e. The van der Waals surface area contributed by atoms with Crippen molar-refractivity contribution in [3.05, 3.63) is 35.4 Å². The molecule has 94 valence electrons. The molecule has 0 aromatic heterocycles. The summed E-state index contributed by atoms with van der Waals surface area (Å²) in [5.41, 5.74) is 8.90. The minimum Gasteiger partial charge on any atom is -0.324 e. The van der Waals surface area contributed by atoms with E-state index in [9.17, 15) is 0 Å². The van der Waals surface area contributed by atoms with Crippen molar-refractivity contribution in [2.24, 2.45) is 11.7 Å². The Balaban J connectivity index is 2.00. The first-order chi connectivity index (χ1) is 8.26. The Kier molecular flexibility index (Phi) is 4.19. The minimum atomic E-state index is 0.213. The van der Waals surface area contributed by atoms with Crippen LogP contribution in [0.2, 0.25) is 0 Å². The number of hydrogen-bond acceptors (Lipinski definition) is 2. The molecule has 0 aliphatic heterocycles. The van der Waals surface area contributed by atoms with Crippen LogP contribution < -0.4 is 11.1 Å². The lowest BCUT2D eigenvalue weighted by Crippen LogP contribution is -2.26. The fraction of sp³-hybridized carbons (Fsp3) is 0.600. The van der Waals surface area contributed by atoms with Gasteiger partial charge in [0.05, 0.1) is 0 Å². The number of benzene rings is 1. The van der Waals surface area contributed by atoms with Gasteiger partial charge in [-0.3, -0.25) is 0 Å². The van der Waals surface area contributed by atoms with E-state index >= 15 is 0 Å². The van der Waals surface area contributed by atoms with Gasteiger partial charge in [0.15, 0.2) is 0 Å². The lowest BCUT2D eigenvalue weighted by atomic mass is 10.0. The SMILES string of the molecule is CCC(CC)CNC1CC(N)c2ccccc21. The summed E-state index contributed by atoms with van der Waals surface area (Å²) in [6.07, 6.45) is 3.55. The van der Waals surface area contributed by atoms with Crippen molar-refractivity contribution in [2.75, 3.05) is 6.54 Å². The van der Waals surface area contributed by atoms with Crippen molar-refractivity contribution in [1.82, 2.24) is 5.32 Å². The third-order valence-electron chi connectivity index (χ3n) is 4.07. The van der Waals surface area contributed by atoms with Gasteiger partial charge >= 0.3 is 0 Å². The largest absolute Gasteiger partial charge is 0.324 e. The molecule has 1 aliphatic rings. The zero-order valence-corrected chi connectivity index (χ0v) is 10.9. The highest BCUT2D eigenvalue weighted by Gasteiger charge is 2.27. The fourth-order valence-electron chi connectivity index (χ4n) is 2.75. The van der Waals surface area contributed by atoms with E-state index in [-0.39, 0.29) is 6.04 Å². The van der Waals surface area contributed by atoms with E-state index in [0.717, 1.165) is 18.9 Å². The Morgan fingerprint density at radius 2 is 1.88 bits per heavy atom. The summed E-state index contributed by atoms with van der Waals surface area (Å²) < 4.78 is 0.